The van der Waals surface area contributed by atoms with Crippen LogP contribution in [0.2, 0.25) is 0 Å². The van der Waals surface area contributed by atoms with Gasteiger partial charge in [0.05, 0.1) is 25.4 Å². The number of hydrogen-bond acceptors (Lipinski definition) is 10. The molecule has 1 heterocycles. The third-order valence-electron chi connectivity index (χ3n) is 13.9. The Morgan fingerprint density at radius 2 is 0.866 bits per heavy atom. The third-order valence-corrected chi connectivity index (χ3v) is 14.4. The number of amides is 1. The zero-order valence-electron chi connectivity index (χ0n) is 43.2. The van der Waals surface area contributed by atoms with Crippen LogP contribution in [-0.2, 0) is 28.9 Å². The highest BCUT2D eigenvalue weighted by atomic mass is 32.3. The highest BCUT2D eigenvalue weighted by Crippen LogP contribution is 2.26. The molecule has 1 aliphatic heterocycles. The first kappa shape index (κ1) is 64.1. The molecule has 0 aromatic carbocycles. The van der Waals surface area contributed by atoms with E-state index in [2.05, 4.69) is 23.3 Å². The molecule has 0 saturated carbocycles. The molecule has 6 N–H and O–H groups in total. The van der Waals surface area contributed by atoms with Crippen LogP contribution in [0.25, 0.3) is 0 Å². The van der Waals surface area contributed by atoms with Gasteiger partial charge >= 0.3 is 10.4 Å². The molecule has 12 nitrogen and oxygen atoms in total. The van der Waals surface area contributed by atoms with E-state index in [1.165, 1.54) is 205 Å². The standard InChI is InChI=1S/C54H107NO11S/c1-3-5-7-9-11-13-15-17-19-21-23-24-25-26-28-30-32-34-36-38-40-42-44-50(58)55-47(46-64-54-52(60)53(66-67(61,62)63)51(59)49(45-56)65-54)48(57)43-41-39-37-35-33-31-29-27-22-20-18-16-14-12-10-8-6-4-2/h47-49,51-54,56-57,59-60H,3-46H2,1-2H3,(H,55,58)(H,61,62,63). The lowest BCUT2D eigenvalue weighted by Crippen LogP contribution is -2.61. The summed E-state index contributed by atoms with van der Waals surface area (Å²) < 4.78 is 47.9. The van der Waals surface area contributed by atoms with Crippen molar-refractivity contribution in [1.82, 2.24) is 5.32 Å². The van der Waals surface area contributed by atoms with E-state index in [-0.39, 0.29) is 12.5 Å². The Hall–Kier alpha value is -0.900. The monoisotopic (exact) mass is 978 g/mol. The van der Waals surface area contributed by atoms with Crippen molar-refractivity contribution in [2.75, 3.05) is 13.2 Å². The van der Waals surface area contributed by atoms with E-state index in [4.69, 9.17) is 9.47 Å². The Morgan fingerprint density at radius 3 is 1.19 bits per heavy atom. The van der Waals surface area contributed by atoms with E-state index < -0.39 is 59.9 Å². The van der Waals surface area contributed by atoms with Gasteiger partial charge in [-0.3, -0.25) is 9.35 Å². The zero-order valence-corrected chi connectivity index (χ0v) is 44.1. The summed E-state index contributed by atoms with van der Waals surface area (Å²) in [5.74, 6) is -0.222. The molecule has 0 aromatic rings. The van der Waals surface area contributed by atoms with Gasteiger partial charge in [-0.05, 0) is 12.8 Å². The maximum atomic E-state index is 13.1. The quantitative estimate of drug-likeness (QED) is 0.0251. The molecule has 7 unspecified atom stereocenters. The van der Waals surface area contributed by atoms with Gasteiger partial charge in [0.15, 0.2) is 6.29 Å². The summed E-state index contributed by atoms with van der Waals surface area (Å²) >= 11 is 0. The number of nitrogens with one attached hydrogen (secondary N) is 1. The van der Waals surface area contributed by atoms with Crippen molar-refractivity contribution in [3.8, 4) is 0 Å². The summed E-state index contributed by atoms with van der Waals surface area (Å²) in [6.45, 7) is 3.50. The van der Waals surface area contributed by atoms with Gasteiger partial charge in [-0.25, -0.2) is 4.18 Å². The number of rotatable bonds is 50. The number of carbonyl (C=O) groups excluding carboxylic acids is 1. The molecule has 67 heavy (non-hydrogen) atoms. The minimum Gasteiger partial charge on any atom is -0.394 e. The molecule has 1 rings (SSSR count). The Kier molecular flexibility index (Phi) is 43.1. The van der Waals surface area contributed by atoms with E-state index in [0.717, 1.165) is 51.4 Å². The van der Waals surface area contributed by atoms with Gasteiger partial charge in [-0.2, -0.15) is 8.42 Å². The molecule has 0 bridgehead atoms. The summed E-state index contributed by atoms with van der Waals surface area (Å²) in [6, 6.07) is -0.853. The van der Waals surface area contributed by atoms with E-state index in [1.54, 1.807) is 0 Å². The molecule has 0 aromatic heterocycles. The second kappa shape index (κ2) is 45.0. The summed E-state index contributed by atoms with van der Waals surface area (Å²) in [5.41, 5.74) is 0. The van der Waals surface area contributed by atoms with Crippen molar-refractivity contribution in [3.63, 3.8) is 0 Å². The van der Waals surface area contributed by atoms with Crippen LogP contribution in [0, 0.1) is 0 Å². The third kappa shape index (κ3) is 37.5. The zero-order chi connectivity index (χ0) is 49.1. The van der Waals surface area contributed by atoms with Crippen molar-refractivity contribution >= 4 is 16.3 Å². The molecular weight excluding hydrogens is 871 g/mol. The van der Waals surface area contributed by atoms with E-state index in [9.17, 15) is 38.2 Å². The lowest BCUT2D eigenvalue weighted by Gasteiger charge is -2.41. The molecule has 1 aliphatic rings. The minimum atomic E-state index is -5.08. The molecular formula is C54H107NO11S. The lowest BCUT2D eigenvalue weighted by atomic mass is 9.99. The summed E-state index contributed by atoms with van der Waals surface area (Å²) in [4.78, 5) is 13.1. The number of ether oxygens (including phenoxy) is 2. The summed E-state index contributed by atoms with van der Waals surface area (Å²) in [6.07, 6.45) is 42.5. The molecule has 0 aliphatic carbocycles. The second-order valence-corrected chi connectivity index (χ2v) is 21.3. The number of carbonyl (C=O) groups is 1. The average Bonchev–Trinajstić information content (AvgIpc) is 3.30. The Balaban J connectivity index is 2.35. The predicted octanol–water partition coefficient (Wildman–Crippen LogP) is 12.9. The van der Waals surface area contributed by atoms with Crippen LogP contribution in [0.5, 0.6) is 0 Å². The number of aliphatic hydroxyl groups is 4. The molecule has 0 spiro atoms. The van der Waals surface area contributed by atoms with Gasteiger partial charge in [0, 0.05) is 6.42 Å². The Morgan fingerprint density at radius 1 is 0.537 bits per heavy atom. The van der Waals surface area contributed by atoms with Crippen molar-refractivity contribution < 1.29 is 51.8 Å². The molecule has 400 valence electrons. The second-order valence-electron chi connectivity index (χ2n) is 20.2. The minimum absolute atomic E-state index is 0.222. The highest BCUT2D eigenvalue weighted by Gasteiger charge is 2.48. The summed E-state index contributed by atoms with van der Waals surface area (Å²) in [7, 11) is -5.08. The largest absolute Gasteiger partial charge is 0.397 e. The van der Waals surface area contributed by atoms with Gasteiger partial charge in [0.25, 0.3) is 0 Å². The van der Waals surface area contributed by atoms with Crippen LogP contribution >= 0.6 is 0 Å². The highest BCUT2D eigenvalue weighted by molar-refractivity contribution is 7.80. The normalized spacial score (nSPS) is 19.8. The maximum Gasteiger partial charge on any atom is 0.397 e. The van der Waals surface area contributed by atoms with Gasteiger partial charge in [0.2, 0.25) is 5.91 Å². The van der Waals surface area contributed by atoms with Crippen LogP contribution in [0.3, 0.4) is 0 Å². The first-order valence-electron chi connectivity index (χ1n) is 28.4. The maximum absolute atomic E-state index is 13.1. The topological polar surface area (TPSA) is 192 Å². The summed E-state index contributed by atoms with van der Waals surface area (Å²) in [5, 5.41) is 45.1. The fraction of sp³-hybridized carbons (Fsp3) is 0.981. The van der Waals surface area contributed by atoms with Crippen LogP contribution in [0.4, 0.5) is 0 Å². The molecule has 13 heteroatoms. The number of aliphatic hydroxyl groups excluding tert-OH is 4. The van der Waals surface area contributed by atoms with Gasteiger partial charge < -0.3 is 35.2 Å². The first-order valence-corrected chi connectivity index (χ1v) is 29.8. The van der Waals surface area contributed by atoms with Crippen LogP contribution in [-0.4, -0.2) is 95.4 Å². The van der Waals surface area contributed by atoms with Crippen molar-refractivity contribution in [1.29, 1.82) is 0 Å². The molecule has 0 radical (unpaired) electrons. The van der Waals surface area contributed by atoms with Crippen molar-refractivity contribution in [2.45, 2.75) is 326 Å². The predicted molar refractivity (Wildman–Crippen MR) is 273 cm³/mol. The van der Waals surface area contributed by atoms with Gasteiger partial charge in [-0.1, -0.05) is 264 Å². The Bertz CT molecular complexity index is 1200. The fourth-order valence-corrected chi connectivity index (χ4v) is 10.0. The van der Waals surface area contributed by atoms with E-state index in [0.29, 0.717) is 12.8 Å². The van der Waals surface area contributed by atoms with Crippen molar-refractivity contribution in [3.05, 3.63) is 0 Å². The van der Waals surface area contributed by atoms with Crippen LogP contribution in [0.15, 0.2) is 0 Å². The average molecular weight is 979 g/mol. The molecule has 7 atom stereocenters. The van der Waals surface area contributed by atoms with Crippen LogP contribution in [0.1, 0.15) is 284 Å². The number of hydrogen-bond donors (Lipinski definition) is 6. The van der Waals surface area contributed by atoms with Crippen LogP contribution < -0.4 is 5.32 Å². The fourth-order valence-electron chi connectivity index (χ4n) is 9.52. The Labute approximate surface area is 411 Å². The molecule has 1 amide bonds. The van der Waals surface area contributed by atoms with E-state index >= 15 is 0 Å². The molecule has 1 fully saturated rings. The lowest BCUT2D eigenvalue weighted by molar-refractivity contribution is -0.298. The van der Waals surface area contributed by atoms with E-state index in [1.807, 2.05) is 0 Å². The smallest absolute Gasteiger partial charge is 0.394 e. The van der Waals surface area contributed by atoms with Gasteiger partial charge in [-0.15, -0.1) is 0 Å². The first-order chi connectivity index (χ1) is 32.5. The van der Waals surface area contributed by atoms with Gasteiger partial charge in [0.1, 0.15) is 24.4 Å². The number of unbranched alkanes of at least 4 members (excludes halogenated alkanes) is 38. The molecule has 1 saturated heterocycles. The van der Waals surface area contributed by atoms with Crippen molar-refractivity contribution in [2.24, 2.45) is 0 Å². The SMILES string of the molecule is CCCCCCCCCCCCCCCCCCCCCCCCC(=O)NC(COC1OC(CO)C(O)C(OS(=O)(=O)O)C1O)C(O)CCCCCCCCCCCCCCCCCCCC.